The Morgan fingerprint density at radius 2 is 1.42 bits per heavy atom. The maximum atomic E-state index is 9.87. The highest BCUT2D eigenvalue weighted by Crippen LogP contribution is 2.39. The lowest BCUT2D eigenvalue weighted by Crippen LogP contribution is -2.10. The van der Waals surface area contributed by atoms with E-state index in [1.54, 1.807) is 0 Å². The van der Waals surface area contributed by atoms with Gasteiger partial charge in [-0.25, -0.2) is 4.68 Å². The Balaban J connectivity index is 2.05. The van der Waals surface area contributed by atoms with Crippen LogP contribution in [0.1, 0.15) is 37.8 Å². The molecule has 4 rings (SSSR count). The van der Waals surface area contributed by atoms with Crippen molar-refractivity contribution in [1.82, 2.24) is 9.78 Å². The Morgan fingerprint density at radius 1 is 0.818 bits per heavy atom. The summed E-state index contributed by atoms with van der Waals surface area (Å²) in [5.74, 6) is -0.957. The van der Waals surface area contributed by atoms with Crippen LogP contribution in [0.25, 0.3) is 28.2 Å². The summed E-state index contributed by atoms with van der Waals surface area (Å²) in [6.45, 7) is 6.53. The molecule has 0 bridgehead atoms. The molecule has 0 saturated heterocycles. The van der Waals surface area contributed by atoms with Crippen molar-refractivity contribution in [2.24, 2.45) is 0 Å². The first kappa shape index (κ1) is 22.5. The van der Waals surface area contributed by atoms with Gasteiger partial charge < -0.3 is 0 Å². The molecule has 0 atom stereocenters. The fraction of sp³-hybridized carbons (Fsp3) is 0.179. The molecule has 4 aromatic rings. The van der Waals surface area contributed by atoms with Gasteiger partial charge in [0.2, 0.25) is 0 Å². The van der Waals surface area contributed by atoms with E-state index in [0.29, 0.717) is 11.3 Å². The number of rotatable bonds is 4. The van der Waals surface area contributed by atoms with Crippen molar-refractivity contribution < 1.29 is 0 Å². The molecule has 0 aliphatic heterocycles. The van der Waals surface area contributed by atoms with Gasteiger partial charge in [-0.15, -0.1) is 0 Å². The van der Waals surface area contributed by atoms with Crippen molar-refractivity contribution in [2.45, 2.75) is 32.1 Å². The predicted molar refractivity (Wildman–Crippen MR) is 135 cm³/mol. The summed E-state index contributed by atoms with van der Waals surface area (Å²) in [7, 11) is 0. The van der Waals surface area contributed by atoms with E-state index in [-0.39, 0.29) is 5.41 Å². The topological polar surface area (TPSA) is 65.4 Å². The molecule has 0 radical (unpaired) electrons. The first-order chi connectivity index (χ1) is 15.8. The second-order valence-corrected chi connectivity index (χ2v) is 9.80. The van der Waals surface area contributed by atoms with Crippen molar-refractivity contribution in [2.75, 3.05) is 0 Å². The zero-order valence-electron chi connectivity index (χ0n) is 18.7. The highest BCUT2D eigenvalue weighted by molar-refractivity contribution is 9.10. The van der Waals surface area contributed by atoms with Crippen LogP contribution in [0.15, 0.2) is 83.3 Å². The lowest BCUT2D eigenvalue weighted by atomic mass is 9.86. The third-order valence-corrected chi connectivity index (χ3v) is 6.14. The lowest BCUT2D eigenvalue weighted by Gasteiger charge is -2.19. The number of benzene rings is 3. The van der Waals surface area contributed by atoms with Gasteiger partial charge in [0, 0.05) is 21.2 Å². The molecule has 33 heavy (non-hydrogen) atoms. The van der Waals surface area contributed by atoms with Gasteiger partial charge in [0.25, 0.3) is 0 Å². The monoisotopic (exact) mass is 494 g/mol. The standard InChI is InChI=1S/C28H23BrN4/c1-28(2,3)22-11-9-20(10-12-22)27-25(21(17-30)18-31)26(19-7-5-4-6-8-19)32-33(27)24-15-13-23(29)14-16-24/h4-16,21H,1-3H3. The largest absolute Gasteiger partial charge is 0.232 e. The van der Waals surface area contributed by atoms with Crippen LogP contribution in [0.4, 0.5) is 0 Å². The van der Waals surface area contributed by atoms with Crippen molar-refractivity contribution in [1.29, 1.82) is 10.5 Å². The van der Waals surface area contributed by atoms with E-state index in [2.05, 4.69) is 73.1 Å². The Kier molecular flexibility index (Phi) is 6.18. The Morgan fingerprint density at radius 3 is 1.97 bits per heavy atom. The minimum absolute atomic E-state index is 0.0182. The Bertz CT molecular complexity index is 1330. The molecule has 0 aliphatic carbocycles. The SMILES string of the molecule is CC(C)(C)c1ccc(-c2c(C(C#N)C#N)c(-c3ccccc3)nn2-c2ccc(Br)cc2)cc1. The van der Waals surface area contributed by atoms with Crippen LogP contribution in [-0.2, 0) is 5.41 Å². The van der Waals surface area contributed by atoms with E-state index in [4.69, 9.17) is 5.10 Å². The Labute approximate surface area is 202 Å². The minimum atomic E-state index is -0.957. The predicted octanol–water partition coefficient (Wildman–Crippen LogP) is 7.40. The van der Waals surface area contributed by atoms with E-state index in [1.165, 1.54) is 5.56 Å². The summed E-state index contributed by atoms with van der Waals surface area (Å²) in [4.78, 5) is 0. The zero-order chi connectivity index (χ0) is 23.6. The lowest BCUT2D eigenvalue weighted by molar-refractivity contribution is 0.590. The van der Waals surface area contributed by atoms with Crippen LogP contribution in [0.3, 0.4) is 0 Å². The molecule has 0 N–H and O–H groups in total. The van der Waals surface area contributed by atoms with E-state index in [9.17, 15) is 10.5 Å². The molecule has 0 fully saturated rings. The summed E-state index contributed by atoms with van der Waals surface area (Å²) in [6, 6.07) is 30.2. The van der Waals surface area contributed by atoms with E-state index < -0.39 is 5.92 Å². The molecule has 1 heterocycles. The quantitative estimate of drug-likeness (QED) is 0.296. The molecule has 162 valence electrons. The van der Waals surface area contributed by atoms with Crippen LogP contribution in [0.5, 0.6) is 0 Å². The van der Waals surface area contributed by atoms with E-state index >= 15 is 0 Å². The maximum absolute atomic E-state index is 9.87. The maximum Gasteiger partial charge on any atom is 0.162 e. The first-order valence-electron chi connectivity index (χ1n) is 10.7. The third-order valence-electron chi connectivity index (χ3n) is 5.61. The van der Waals surface area contributed by atoms with Gasteiger partial charge in [0.05, 0.1) is 29.2 Å². The van der Waals surface area contributed by atoms with E-state index in [1.807, 2.05) is 59.3 Å². The summed E-state index contributed by atoms with van der Waals surface area (Å²) in [5, 5.41) is 24.7. The molecule has 3 aromatic carbocycles. The van der Waals surface area contributed by atoms with Crippen LogP contribution < -0.4 is 0 Å². The van der Waals surface area contributed by atoms with Crippen molar-refractivity contribution >= 4 is 15.9 Å². The van der Waals surface area contributed by atoms with Gasteiger partial charge in [-0.05, 0) is 35.2 Å². The second-order valence-electron chi connectivity index (χ2n) is 8.88. The van der Waals surface area contributed by atoms with Gasteiger partial charge in [-0.3, -0.25) is 0 Å². The summed E-state index contributed by atoms with van der Waals surface area (Å²) < 4.78 is 2.81. The zero-order valence-corrected chi connectivity index (χ0v) is 20.3. The van der Waals surface area contributed by atoms with Crippen LogP contribution in [0.2, 0.25) is 0 Å². The van der Waals surface area contributed by atoms with Gasteiger partial charge >= 0.3 is 0 Å². The normalized spacial score (nSPS) is 11.2. The van der Waals surface area contributed by atoms with E-state index in [0.717, 1.165) is 27.0 Å². The molecule has 0 unspecified atom stereocenters. The number of hydrogen-bond acceptors (Lipinski definition) is 3. The number of aromatic nitrogens is 2. The highest BCUT2D eigenvalue weighted by Gasteiger charge is 2.28. The third kappa shape index (κ3) is 4.46. The summed E-state index contributed by atoms with van der Waals surface area (Å²) >= 11 is 3.49. The molecule has 0 spiro atoms. The van der Waals surface area contributed by atoms with Gasteiger partial charge in [0.15, 0.2) is 5.92 Å². The Hall–Kier alpha value is -3.67. The molecule has 0 saturated carbocycles. The summed E-state index contributed by atoms with van der Waals surface area (Å²) in [6.07, 6.45) is 0. The molecule has 0 aliphatic rings. The fourth-order valence-electron chi connectivity index (χ4n) is 3.85. The smallest absolute Gasteiger partial charge is 0.162 e. The molecule has 4 nitrogen and oxygen atoms in total. The molecule has 5 heteroatoms. The highest BCUT2D eigenvalue weighted by atomic mass is 79.9. The number of halogens is 1. The summed E-state index contributed by atoms with van der Waals surface area (Å²) in [5.41, 5.74) is 5.88. The van der Waals surface area contributed by atoms with Gasteiger partial charge in [0.1, 0.15) is 0 Å². The van der Waals surface area contributed by atoms with Crippen molar-refractivity contribution in [3.05, 3.63) is 94.5 Å². The first-order valence-corrected chi connectivity index (χ1v) is 11.5. The molecular formula is C28H23BrN4. The van der Waals surface area contributed by atoms with Gasteiger partial charge in [-0.1, -0.05) is 91.3 Å². The number of nitriles is 2. The number of hydrogen-bond donors (Lipinski definition) is 0. The number of nitrogens with zero attached hydrogens (tertiary/aromatic N) is 4. The van der Waals surface area contributed by atoms with Crippen LogP contribution in [0, 0.1) is 22.7 Å². The van der Waals surface area contributed by atoms with Crippen LogP contribution >= 0.6 is 15.9 Å². The second kappa shape index (κ2) is 9.06. The molecule has 0 amide bonds. The minimum Gasteiger partial charge on any atom is -0.232 e. The van der Waals surface area contributed by atoms with Gasteiger partial charge in [-0.2, -0.15) is 15.6 Å². The van der Waals surface area contributed by atoms with Crippen molar-refractivity contribution in [3.8, 4) is 40.3 Å². The fourth-order valence-corrected chi connectivity index (χ4v) is 4.11. The average molecular weight is 495 g/mol. The average Bonchev–Trinajstić information content (AvgIpc) is 3.21. The van der Waals surface area contributed by atoms with Crippen molar-refractivity contribution in [3.63, 3.8) is 0 Å². The molecular weight excluding hydrogens is 472 g/mol. The molecule has 1 aromatic heterocycles. The van der Waals surface area contributed by atoms with Crippen LogP contribution in [-0.4, -0.2) is 9.78 Å².